The third-order valence-corrected chi connectivity index (χ3v) is 2.72. The first-order valence-electron chi connectivity index (χ1n) is 6.16. The van der Waals surface area contributed by atoms with Crippen molar-refractivity contribution in [1.29, 1.82) is 0 Å². The van der Waals surface area contributed by atoms with E-state index in [0.717, 1.165) is 26.3 Å². The third-order valence-electron chi connectivity index (χ3n) is 2.72. The van der Waals surface area contributed by atoms with Crippen LogP contribution in [0.25, 0.3) is 0 Å². The quantitative estimate of drug-likeness (QED) is 0.733. The summed E-state index contributed by atoms with van der Waals surface area (Å²) in [4.78, 5) is 0. The van der Waals surface area contributed by atoms with E-state index in [1.54, 1.807) is 0 Å². The van der Waals surface area contributed by atoms with Gasteiger partial charge in [0, 0.05) is 19.7 Å². The Bertz CT molecular complexity index is 164. The minimum atomic E-state index is 0.238. The second kappa shape index (κ2) is 7.20. The van der Waals surface area contributed by atoms with Gasteiger partial charge in [-0.05, 0) is 19.3 Å². The largest absolute Gasteiger partial charge is 0.378 e. The molecule has 0 aliphatic carbocycles. The molecule has 3 heteroatoms. The van der Waals surface area contributed by atoms with E-state index in [0.29, 0.717) is 12.0 Å². The van der Waals surface area contributed by atoms with Crippen LogP contribution in [0.3, 0.4) is 0 Å². The van der Waals surface area contributed by atoms with E-state index >= 15 is 0 Å². The van der Waals surface area contributed by atoms with Gasteiger partial charge in [0.15, 0.2) is 0 Å². The van der Waals surface area contributed by atoms with Gasteiger partial charge in [-0.25, -0.2) is 0 Å². The second-order valence-corrected chi connectivity index (χ2v) is 4.66. The van der Waals surface area contributed by atoms with E-state index in [1.165, 1.54) is 12.8 Å². The van der Waals surface area contributed by atoms with Crippen LogP contribution in [-0.4, -0.2) is 38.5 Å². The van der Waals surface area contributed by atoms with Crippen LogP contribution in [0.15, 0.2) is 0 Å². The average Bonchev–Trinajstić information content (AvgIpc) is 2.18. The lowest BCUT2D eigenvalue weighted by Crippen LogP contribution is -2.45. The summed E-state index contributed by atoms with van der Waals surface area (Å²) in [6, 6.07) is 0. The van der Waals surface area contributed by atoms with Gasteiger partial charge in [0.2, 0.25) is 0 Å². The maximum absolute atomic E-state index is 5.74. The number of ether oxygens (including phenoxy) is 2. The Labute approximate surface area is 93.5 Å². The van der Waals surface area contributed by atoms with Gasteiger partial charge < -0.3 is 14.8 Å². The molecule has 1 aliphatic heterocycles. The lowest BCUT2D eigenvalue weighted by Gasteiger charge is -2.28. The summed E-state index contributed by atoms with van der Waals surface area (Å²) in [5.41, 5.74) is 0. The zero-order chi connectivity index (χ0) is 11.1. The standard InChI is InChI=1S/C12H25NO2/c1-4-5-10(2)8-14-9-12-7-13-6-11(3)15-12/h10-13H,4-9H2,1-3H3. The van der Waals surface area contributed by atoms with Crippen LogP contribution in [0, 0.1) is 5.92 Å². The Morgan fingerprint density at radius 3 is 2.93 bits per heavy atom. The summed E-state index contributed by atoms with van der Waals surface area (Å²) >= 11 is 0. The molecule has 3 atom stereocenters. The molecule has 90 valence electrons. The summed E-state index contributed by atoms with van der Waals surface area (Å²) in [6.07, 6.45) is 3.05. The molecule has 1 rings (SSSR count). The highest BCUT2D eigenvalue weighted by molar-refractivity contribution is 4.71. The van der Waals surface area contributed by atoms with E-state index in [1.807, 2.05) is 0 Å². The zero-order valence-corrected chi connectivity index (χ0v) is 10.3. The van der Waals surface area contributed by atoms with Crippen molar-refractivity contribution in [2.75, 3.05) is 26.3 Å². The van der Waals surface area contributed by atoms with Crippen molar-refractivity contribution in [3.63, 3.8) is 0 Å². The highest BCUT2D eigenvalue weighted by Gasteiger charge is 2.18. The zero-order valence-electron chi connectivity index (χ0n) is 10.3. The lowest BCUT2D eigenvalue weighted by molar-refractivity contribution is -0.0724. The van der Waals surface area contributed by atoms with Gasteiger partial charge in [-0.1, -0.05) is 20.3 Å². The van der Waals surface area contributed by atoms with Gasteiger partial charge in [-0.15, -0.1) is 0 Å². The molecule has 0 spiro atoms. The first-order chi connectivity index (χ1) is 7.22. The van der Waals surface area contributed by atoms with Crippen LogP contribution in [0.1, 0.15) is 33.6 Å². The fourth-order valence-corrected chi connectivity index (χ4v) is 1.95. The van der Waals surface area contributed by atoms with Gasteiger partial charge in [-0.3, -0.25) is 0 Å². The first kappa shape index (κ1) is 12.9. The van der Waals surface area contributed by atoms with Crippen molar-refractivity contribution in [3.8, 4) is 0 Å². The minimum absolute atomic E-state index is 0.238. The maximum atomic E-state index is 5.74. The van der Waals surface area contributed by atoms with Gasteiger partial charge >= 0.3 is 0 Å². The summed E-state index contributed by atoms with van der Waals surface area (Å²) in [6.45, 7) is 10.0. The van der Waals surface area contributed by atoms with Crippen LogP contribution in [-0.2, 0) is 9.47 Å². The van der Waals surface area contributed by atoms with Crippen LogP contribution < -0.4 is 5.32 Å². The van der Waals surface area contributed by atoms with E-state index < -0.39 is 0 Å². The third kappa shape index (κ3) is 5.50. The van der Waals surface area contributed by atoms with Crippen LogP contribution >= 0.6 is 0 Å². The number of hydrogen-bond acceptors (Lipinski definition) is 3. The number of hydrogen-bond donors (Lipinski definition) is 1. The molecule has 1 aliphatic rings. The molecule has 0 aromatic heterocycles. The molecule has 1 N–H and O–H groups in total. The molecule has 15 heavy (non-hydrogen) atoms. The highest BCUT2D eigenvalue weighted by Crippen LogP contribution is 2.07. The highest BCUT2D eigenvalue weighted by atomic mass is 16.5. The first-order valence-corrected chi connectivity index (χ1v) is 6.16. The summed E-state index contributed by atoms with van der Waals surface area (Å²) < 4.78 is 11.4. The molecule has 0 amide bonds. The van der Waals surface area contributed by atoms with Crippen molar-refractivity contribution in [3.05, 3.63) is 0 Å². The molecule has 1 fully saturated rings. The Morgan fingerprint density at radius 1 is 1.47 bits per heavy atom. The van der Waals surface area contributed by atoms with Crippen molar-refractivity contribution >= 4 is 0 Å². The van der Waals surface area contributed by atoms with E-state index in [4.69, 9.17) is 9.47 Å². The molecular weight excluding hydrogens is 190 g/mol. The molecular formula is C12H25NO2. The molecule has 1 heterocycles. The molecule has 0 aromatic carbocycles. The number of morpholine rings is 1. The number of rotatable bonds is 6. The summed E-state index contributed by atoms with van der Waals surface area (Å²) in [5, 5.41) is 3.34. The van der Waals surface area contributed by atoms with Crippen LogP contribution in [0.2, 0.25) is 0 Å². The molecule has 3 nitrogen and oxygen atoms in total. The Hall–Kier alpha value is -0.120. The van der Waals surface area contributed by atoms with Crippen molar-refractivity contribution in [2.45, 2.75) is 45.8 Å². The topological polar surface area (TPSA) is 30.5 Å². The Balaban J connectivity index is 2.03. The normalized spacial score (nSPS) is 29.0. The van der Waals surface area contributed by atoms with E-state index in [-0.39, 0.29) is 6.10 Å². The summed E-state index contributed by atoms with van der Waals surface area (Å²) in [5.74, 6) is 0.670. The summed E-state index contributed by atoms with van der Waals surface area (Å²) in [7, 11) is 0. The van der Waals surface area contributed by atoms with Gasteiger partial charge in [0.05, 0.1) is 18.8 Å². The van der Waals surface area contributed by atoms with Crippen molar-refractivity contribution in [1.82, 2.24) is 5.32 Å². The fourth-order valence-electron chi connectivity index (χ4n) is 1.95. The Morgan fingerprint density at radius 2 is 2.27 bits per heavy atom. The number of nitrogens with one attached hydrogen (secondary N) is 1. The van der Waals surface area contributed by atoms with Crippen molar-refractivity contribution < 1.29 is 9.47 Å². The SMILES string of the molecule is CCCC(C)COCC1CNCC(C)O1. The molecule has 0 aromatic rings. The van der Waals surface area contributed by atoms with Gasteiger partial charge in [0.1, 0.15) is 0 Å². The van der Waals surface area contributed by atoms with E-state index in [2.05, 4.69) is 26.1 Å². The average molecular weight is 215 g/mol. The molecule has 1 saturated heterocycles. The van der Waals surface area contributed by atoms with Gasteiger partial charge in [0.25, 0.3) is 0 Å². The molecule has 0 saturated carbocycles. The fraction of sp³-hybridized carbons (Fsp3) is 1.00. The van der Waals surface area contributed by atoms with Crippen LogP contribution in [0.5, 0.6) is 0 Å². The predicted octanol–water partition coefficient (Wildman–Crippen LogP) is 1.82. The smallest absolute Gasteiger partial charge is 0.0936 e. The monoisotopic (exact) mass is 215 g/mol. The van der Waals surface area contributed by atoms with E-state index in [9.17, 15) is 0 Å². The second-order valence-electron chi connectivity index (χ2n) is 4.66. The maximum Gasteiger partial charge on any atom is 0.0936 e. The van der Waals surface area contributed by atoms with Gasteiger partial charge in [-0.2, -0.15) is 0 Å². The lowest BCUT2D eigenvalue weighted by atomic mass is 10.1. The molecule has 0 radical (unpaired) electrons. The van der Waals surface area contributed by atoms with Crippen LogP contribution in [0.4, 0.5) is 0 Å². The molecule has 0 bridgehead atoms. The minimum Gasteiger partial charge on any atom is -0.378 e. The predicted molar refractivity (Wildman–Crippen MR) is 62.1 cm³/mol. The van der Waals surface area contributed by atoms with Crippen molar-refractivity contribution in [2.24, 2.45) is 5.92 Å². The Kier molecular flexibility index (Phi) is 6.22. The molecule has 3 unspecified atom stereocenters.